The minimum absolute atomic E-state index is 0.00323. The van der Waals surface area contributed by atoms with E-state index in [0.717, 1.165) is 0 Å². The second-order valence-electron chi connectivity index (χ2n) is 8.93. The molecule has 0 aromatic heterocycles. The Morgan fingerprint density at radius 3 is 2.09 bits per heavy atom. The number of amides is 2. The zero-order chi connectivity index (χ0) is 32.5. The summed E-state index contributed by atoms with van der Waals surface area (Å²) in [7, 11) is 3.04. The minimum Gasteiger partial charge on any atom is -0.491 e. The molecule has 0 unspecified atom stereocenters. The van der Waals surface area contributed by atoms with Crippen molar-refractivity contribution in [2.24, 2.45) is 5.73 Å². The molecule has 0 spiro atoms. The number of ether oxygens (including phenoxy) is 1. The van der Waals surface area contributed by atoms with Crippen molar-refractivity contribution in [3.8, 4) is 5.75 Å². The molecule has 5 N–H and O–H groups in total. The first-order valence-electron chi connectivity index (χ1n) is 12.0. The van der Waals surface area contributed by atoms with Crippen LogP contribution in [-0.2, 0) is 35.4 Å². The number of Topliss-reactive ketones (excluding diaryl/α,β-unsaturated/α-hetero) is 1. The monoisotopic (exact) mass is 610 g/mol. The number of ketones is 1. The van der Waals surface area contributed by atoms with Gasteiger partial charge in [-0.3, -0.25) is 19.8 Å². The Bertz CT molecular complexity index is 1430. The van der Waals surface area contributed by atoms with Crippen molar-refractivity contribution in [3.05, 3.63) is 64.7 Å². The Morgan fingerprint density at radius 1 is 0.977 bits per heavy atom. The fourth-order valence-corrected chi connectivity index (χ4v) is 3.25. The summed E-state index contributed by atoms with van der Waals surface area (Å²) < 4.78 is 42.7. The molecule has 0 saturated heterocycles. The van der Waals surface area contributed by atoms with Crippen LogP contribution in [0.15, 0.2) is 42.5 Å². The van der Waals surface area contributed by atoms with Gasteiger partial charge in [-0.1, -0.05) is 12.1 Å². The number of carbonyl (C=O) groups is 6. The third-order valence-corrected chi connectivity index (χ3v) is 5.40. The molecule has 0 heterocycles. The Hall–Kier alpha value is -5.48. The molecule has 0 aliphatic carbocycles. The van der Waals surface area contributed by atoms with Crippen molar-refractivity contribution in [3.63, 3.8) is 0 Å². The molecule has 0 aliphatic rings. The van der Waals surface area contributed by atoms with E-state index in [0.29, 0.717) is 0 Å². The Labute approximate surface area is 240 Å². The number of nitrogens with zero attached hydrogens (tertiary/aromatic N) is 1. The van der Waals surface area contributed by atoms with Gasteiger partial charge in [-0.25, -0.2) is 24.2 Å². The molecule has 0 fully saturated rings. The van der Waals surface area contributed by atoms with Crippen LogP contribution in [0.2, 0.25) is 0 Å². The highest BCUT2D eigenvalue weighted by molar-refractivity contribution is 6.33. The Kier molecular flexibility index (Phi) is 11.3. The van der Waals surface area contributed by atoms with E-state index >= 15 is 0 Å². The molecular weight excluding hydrogens is 585 g/mol. The van der Waals surface area contributed by atoms with Crippen LogP contribution in [0.4, 0.5) is 13.2 Å². The SMILES string of the molecule is CN(C)C(=O)c1ccc(C(=O)N[C@@H](COc2cc(C(=N)N)ccc2CC(=O)C(=O)O)CC(=O)OOC(=O)C(F)(F)F)cc1. The van der Waals surface area contributed by atoms with Crippen LogP contribution in [-0.4, -0.2) is 84.3 Å². The van der Waals surface area contributed by atoms with E-state index in [1.165, 1.54) is 61.5 Å². The first-order valence-corrected chi connectivity index (χ1v) is 12.0. The first-order chi connectivity index (χ1) is 20.0. The third-order valence-electron chi connectivity index (χ3n) is 5.40. The van der Waals surface area contributed by atoms with Crippen molar-refractivity contribution in [2.45, 2.75) is 25.1 Å². The van der Waals surface area contributed by atoms with Gasteiger partial charge in [-0.2, -0.15) is 13.2 Å². The van der Waals surface area contributed by atoms with E-state index < -0.39 is 67.1 Å². The van der Waals surface area contributed by atoms with E-state index in [9.17, 15) is 41.9 Å². The second kappa shape index (κ2) is 14.4. The van der Waals surface area contributed by atoms with E-state index in [4.69, 9.17) is 21.0 Å². The summed E-state index contributed by atoms with van der Waals surface area (Å²) >= 11 is 0. The van der Waals surface area contributed by atoms with E-state index in [1.54, 1.807) is 0 Å². The van der Waals surface area contributed by atoms with Gasteiger partial charge in [0.15, 0.2) is 0 Å². The van der Waals surface area contributed by atoms with Gasteiger partial charge in [-0.15, -0.1) is 0 Å². The molecule has 0 aliphatic heterocycles. The summed E-state index contributed by atoms with van der Waals surface area (Å²) in [6, 6.07) is 7.68. The number of benzene rings is 2. The van der Waals surface area contributed by atoms with Gasteiger partial charge in [0.25, 0.3) is 11.8 Å². The maximum atomic E-state index is 12.9. The van der Waals surface area contributed by atoms with Crippen LogP contribution in [0, 0.1) is 5.41 Å². The molecule has 2 aromatic carbocycles. The van der Waals surface area contributed by atoms with Crippen LogP contribution in [0.3, 0.4) is 0 Å². The number of carboxylic acid groups (broad SMARTS) is 1. The van der Waals surface area contributed by atoms with Crippen LogP contribution < -0.4 is 15.8 Å². The normalized spacial score (nSPS) is 11.5. The number of hydrogen-bond acceptors (Lipinski definition) is 10. The average molecular weight is 610 g/mol. The van der Waals surface area contributed by atoms with E-state index in [-0.39, 0.29) is 33.9 Å². The number of amidine groups is 1. The van der Waals surface area contributed by atoms with Crippen molar-refractivity contribution in [2.75, 3.05) is 20.7 Å². The number of hydrogen-bond donors (Lipinski definition) is 4. The lowest BCUT2D eigenvalue weighted by Crippen LogP contribution is -2.41. The van der Waals surface area contributed by atoms with E-state index in [2.05, 4.69) is 15.1 Å². The second-order valence-corrected chi connectivity index (χ2v) is 8.93. The van der Waals surface area contributed by atoms with Gasteiger partial charge in [0.1, 0.15) is 18.2 Å². The highest BCUT2D eigenvalue weighted by Gasteiger charge is 2.43. The minimum atomic E-state index is -5.46. The molecule has 2 amide bonds. The smallest absolute Gasteiger partial charge is 0.491 e. The number of alkyl halides is 3. The van der Waals surface area contributed by atoms with Crippen molar-refractivity contribution < 1.29 is 61.6 Å². The molecule has 43 heavy (non-hydrogen) atoms. The number of carbonyl (C=O) groups excluding carboxylic acids is 5. The highest BCUT2D eigenvalue weighted by Crippen LogP contribution is 2.23. The van der Waals surface area contributed by atoms with Gasteiger partial charge in [0.2, 0.25) is 5.78 Å². The summed E-state index contributed by atoms with van der Waals surface area (Å²) in [4.78, 5) is 79.5. The van der Waals surface area contributed by atoms with Crippen LogP contribution in [0.5, 0.6) is 5.75 Å². The van der Waals surface area contributed by atoms with Crippen LogP contribution in [0.1, 0.15) is 38.3 Å². The number of nitrogens with two attached hydrogens (primary N) is 1. The van der Waals surface area contributed by atoms with Gasteiger partial charge in [0, 0.05) is 42.8 Å². The third kappa shape index (κ3) is 10.1. The van der Waals surface area contributed by atoms with Gasteiger partial charge < -0.3 is 25.8 Å². The molecule has 14 nitrogen and oxygen atoms in total. The fraction of sp³-hybridized carbons (Fsp3) is 0.269. The highest BCUT2D eigenvalue weighted by atomic mass is 19.4. The molecule has 1 atom stereocenters. The number of carboxylic acids is 1. The topological polar surface area (TPSA) is 215 Å². The standard InChI is InChI=1S/C26H25F3N4O10/c1-33(2)23(37)14-5-3-13(4-6-14)22(36)32-17(11-20(35)42-43-25(40)26(27,28)29)12-41-19-10-16(21(30)31)8-7-15(19)9-18(34)24(38)39/h3-8,10,17H,9,11-12H2,1-2H3,(H3,30,31)(H,32,36)(H,38,39)/t17-/m1/s1. The zero-order valence-corrected chi connectivity index (χ0v) is 22.5. The lowest BCUT2D eigenvalue weighted by molar-refractivity contribution is -0.286. The van der Waals surface area contributed by atoms with Gasteiger partial charge >= 0.3 is 24.1 Å². The molecule has 2 rings (SSSR count). The van der Waals surface area contributed by atoms with Crippen molar-refractivity contribution in [1.29, 1.82) is 5.41 Å². The average Bonchev–Trinajstić information content (AvgIpc) is 2.93. The fourth-order valence-electron chi connectivity index (χ4n) is 3.25. The number of aliphatic carboxylic acids is 1. The molecule has 0 radical (unpaired) electrons. The number of nitrogens with one attached hydrogen (secondary N) is 2. The predicted molar refractivity (Wildman–Crippen MR) is 138 cm³/mol. The number of rotatable bonds is 12. The molecule has 17 heteroatoms. The summed E-state index contributed by atoms with van der Waals surface area (Å²) in [5.41, 5.74) is 5.87. The molecule has 0 bridgehead atoms. The summed E-state index contributed by atoms with van der Waals surface area (Å²) in [5, 5.41) is 18.9. The Morgan fingerprint density at radius 2 is 1.56 bits per heavy atom. The quantitative estimate of drug-likeness (QED) is 0.0874. The summed E-state index contributed by atoms with van der Waals surface area (Å²) in [6.45, 7) is -0.624. The summed E-state index contributed by atoms with van der Waals surface area (Å²) in [5.74, 6) is -9.02. The van der Waals surface area contributed by atoms with E-state index in [1.807, 2.05) is 0 Å². The number of nitrogen functional groups attached to an aromatic ring is 1. The van der Waals surface area contributed by atoms with Gasteiger partial charge in [-0.05, 0) is 30.3 Å². The van der Waals surface area contributed by atoms with Crippen LogP contribution in [0.25, 0.3) is 0 Å². The Balaban J connectivity index is 2.30. The summed E-state index contributed by atoms with van der Waals surface area (Å²) in [6.07, 6.45) is -7.00. The largest absolute Gasteiger partial charge is 0.495 e. The lowest BCUT2D eigenvalue weighted by Gasteiger charge is -2.20. The molecule has 0 saturated carbocycles. The maximum absolute atomic E-state index is 12.9. The van der Waals surface area contributed by atoms with Crippen molar-refractivity contribution >= 4 is 41.3 Å². The zero-order valence-electron chi connectivity index (χ0n) is 22.5. The predicted octanol–water partition coefficient (Wildman–Crippen LogP) is 1.000. The molecule has 2 aromatic rings. The first kappa shape index (κ1) is 33.7. The lowest BCUT2D eigenvalue weighted by atomic mass is 10.0. The van der Waals surface area contributed by atoms with Gasteiger partial charge in [0.05, 0.1) is 12.5 Å². The maximum Gasteiger partial charge on any atom is 0.495 e. The van der Waals surface area contributed by atoms with Crippen molar-refractivity contribution in [1.82, 2.24) is 10.2 Å². The molecule has 230 valence electrons. The molecular formula is C26H25F3N4O10. The van der Waals surface area contributed by atoms with Crippen LogP contribution >= 0.6 is 0 Å². The number of halogens is 3.